The third-order valence-electron chi connectivity index (χ3n) is 4.10. The molecule has 1 fully saturated rings. The minimum atomic E-state index is -1.02. The molecule has 1 saturated carbocycles. The van der Waals surface area contributed by atoms with E-state index in [0.29, 0.717) is 37.4 Å². The first-order chi connectivity index (χ1) is 11.5. The second kappa shape index (κ2) is 6.43. The van der Waals surface area contributed by atoms with Crippen LogP contribution in [0.15, 0.2) is 34.9 Å². The van der Waals surface area contributed by atoms with Crippen LogP contribution in [0.2, 0.25) is 0 Å². The summed E-state index contributed by atoms with van der Waals surface area (Å²) in [6, 6.07) is 7.71. The number of aromatic nitrogens is 1. The van der Waals surface area contributed by atoms with Gasteiger partial charge in [0.15, 0.2) is 5.82 Å². The molecule has 1 aromatic heterocycles. The van der Waals surface area contributed by atoms with Gasteiger partial charge in [-0.05, 0) is 43.9 Å². The Bertz CT molecular complexity index is 751. The van der Waals surface area contributed by atoms with E-state index in [-0.39, 0.29) is 17.6 Å². The highest BCUT2D eigenvalue weighted by molar-refractivity contribution is 6.12. The number of benzene rings is 1. The molecule has 1 aliphatic carbocycles. The number of hydrogen-bond donors (Lipinski definition) is 2. The first kappa shape index (κ1) is 16.2. The zero-order chi connectivity index (χ0) is 17.2. The molecule has 6 nitrogen and oxygen atoms in total. The van der Waals surface area contributed by atoms with E-state index in [9.17, 15) is 14.0 Å². The number of hydrogen-bond acceptors (Lipinski definition) is 4. The summed E-state index contributed by atoms with van der Waals surface area (Å²) in [4.78, 5) is 24.7. The van der Waals surface area contributed by atoms with E-state index in [1.165, 1.54) is 12.1 Å². The van der Waals surface area contributed by atoms with Gasteiger partial charge in [0.1, 0.15) is 17.0 Å². The van der Waals surface area contributed by atoms with E-state index in [4.69, 9.17) is 4.52 Å². The maximum absolute atomic E-state index is 12.8. The maximum atomic E-state index is 12.8. The Morgan fingerprint density at radius 3 is 2.54 bits per heavy atom. The molecule has 0 aliphatic heterocycles. The molecular formula is C17H18FN3O3. The lowest BCUT2D eigenvalue weighted by Gasteiger charge is -2.14. The van der Waals surface area contributed by atoms with E-state index in [1.54, 1.807) is 25.1 Å². The van der Waals surface area contributed by atoms with Gasteiger partial charge in [0.2, 0.25) is 11.8 Å². The lowest BCUT2D eigenvalue weighted by Crippen LogP contribution is -2.40. The van der Waals surface area contributed by atoms with Crippen LogP contribution in [-0.2, 0) is 16.0 Å². The van der Waals surface area contributed by atoms with Crippen molar-refractivity contribution in [3.63, 3.8) is 0 Å². The molecule has 0 saturated heterocycles. The van der Waals surface area contributed by atoms with Gasteiger partial charge in [0.25, 0.3) is 0 Å². The molecule has 3 rings (SSSR count). The number of nitrogens with zero attached hydrogens (tertiary/aromatic N) is 1. The SMILES string of the molecule is Cc1cc(NC(=O)C2(C(=O)NCCc3ccc(F)cc3)CC2)no1. The predicted molar refractivity (Wildman–Crippen MR) is 84.7 cm³/mol. The highest BCUT2D eigenvalue weighted by atomic mass is 19.1. The molecule has 24 heavy (non-hydrogen) atoms. The monoisotopic (exact) mass is 331 g/mol. The molecule has 2 N–H and O–H groups in total. The summed E-state index contributed by atoms with van der Waals surface area (Å²) < 4.78 is 17.7. The van der Waals surface area contributed by atoms with Crippen LogP contribution in [0, 0.1) is 18.2 Å². The van der Waals surface area contributed by atoms with Crippen molar-refractivity contribution in [2.45, 2.75) is 26.2 Å². The molecule has 1 aliphatic rings. The third kappa shape index (κ3) is 3.45. The molecule has 0 radical (unpaired) electrons. The molecular weight excluding hydrogens is 313 g/mol. The Kier molecular flexibility index (Phi) is 4.33. The number of amides is 2. The van der Waals surface area contributed by atoms with Crippen LogP contribution in [0.4, 0.5) is 10.2 Å². The minimum Gasteiger partial charge on any atom is -0.360 e. The van der Waals surface area contributed by atoms with Crippen LogP contribution in [-0.4, -0.2) is 23.5 Å². The number of anilines is 1. The summed E-state index contributed by atoms with van der Waals surface area (Å²) in [6.07, 6.45) is 1.60. The zero-order valence-electron chi connectivity index (χ0n) is 13.3. The van der Waals surface area contributed by atoms with Crippen LogP contribution in [0.1, 0.15) is 24.2 Å². The number of aryl methyl sites for hydroxylation is 1. The molecule has 0 unspecified atom stereocenters. The van der Waals surface area contributed by atoms with Gasteiger partial charge in [-0.25, -0.2) is 4.39 Å². The van der Waals surface area contributed by atoms with Crippen LogP contribution in [0.25, 0.3) is 0 Å². The molecule has 126 valence electrons. The van der Waals surface area contributed by atoms with Gasteiger partial charge in [0, 0.05) is 12.6 Å². The molecule has 0 spiro atoms. The van der Waals surface area contributed by atoms with E-state index in [0.717, 1.165) is 5.56 Å². The first-order valence-corrected chi connectivity index (χ1v) is 7.77. The van der Waals surface area contributed by atoms with Crippen LogP contribution < -0.4 is 10.6 Å². The molecule has 1 aromatic carbocycles. The quantitative estimate of drug-likeness (QED) is 0.795. The van der Waals surface area contributed by atoms with Gasteiger partial charge in [-0.15, -0.1) is 0 Å². The molecule has 0 bridgehead atoms. The minimum absolute atomic E-state index is 0.290. The highest BCUT2D eigenvalue weighted by Crippen LogP contribution is 2.46. The van der Waals surface area contributed by atoms with Gasteiger partial charge in [-0.1, -0.05) is 17.3 Å². The Labute approximate surface area is 138 Å². The summed E-state index contributed by atoms with van der Waals surface area (Å²) >= 11 is 0. The molecule has 2 aromatic rings. The largest absolute Gasteiger partial charge is 0.360 e. The second-order valence-corrected chi connectivity index (χ2v) is 5.99. The fourth-order valence-corrected chi connectivity index (χ4v) is 2.48. The average Bonchev–Trinajstić information content (AvgIpc) is 3.28. The normalized spacial score (nSPS) is 14.9. The Balaban J connectivity index is 1.52. The summed E-state index contributed by atoms with van der Waals surface area (Å²) in [6.45, 7) is 2.11. The number of nitrogens with one attached hydrogen (secondary N) is 2. The van der Waals surface area contributed by atoms with Gasteiger partial charge >= 0.3 is 0 Å². The van der Waals surface area contributed by atoms with Crippen molar-refractivity contribution in [3.8, 4) is 0 Å². The van der Waals surface area contributed by atoms with Crippen molar-refractivity contribution < 1.29 is 18.5 Å². The summed E-state index contributed by atoms with van der Waals surface area (Å²) in [5.74, 6) is -0.0568. The molecule has 2 amide bonds. The van der Waals surface area contributed by atoms with Gasteiger partial charge < -0.3 is 15.2 Å². The number of rotatable bonds is 6. The zero-order valence-corrected chi connectivity index (χ0v) is 13.3. The van der Waals surface area contributed by atoms with Crippen LogP contribution in [0.5, 0.6) is 0 Å². The van der Waals surface area contributed by atoms with E-state index >= 15 is 0 Å². The highest BCUT2D eigenvalue weighted by Gasteiger charge is 2.56. The summed E-state index contributed by atoms with van der Waals surface area (Å²) in [5, 5.41) is 9.09. The van der Waals surface area contributed by atoms with Crippen molar-refractivity contribution in [1.82, 2.24) is 10.5 Å². The third-order valence-corrected chi connectivity index (χ3v) is 4.10. The number of carbonyl (C=O) groups excluding carboxylic acids is 2. The van der Waals surface area contributed by atoms with Gasteiger partial charge in [-0.3, -0.25) is 9.59 Å². The molecule has 7 heteroatoms. The summed E-state index contributed by atoms with van der Waals surface area (Å²) in [7, 11) is 0. The van der Waals surface area contributed by atoms with Crippen molar-refractivity contribution in [2.24, 2.45) is 5.41 Å². The Morgan fingerprint density at radius 2 is 1.96 bits per heavy atom. The number of halogens is 1. The Morgan fingerprint density at radius 1 is 1.25 bits per heavy atom. The Hall–Kier alpha value is -2.70. The molecule has 1 heterocycles. The summed E-state index contributed by atoms with van der Waals surface area (Å²) in [5.41, 5.74) is -0.0978. The smallest absolute Gasteiger partial charge is 0.241 e. The maximum Gasteiger partial charge on any atom is 0.241 e. The molecule has 0 atom stereocenters. The van der Waals surface area contributed by atoms with E-state index in [1.807, 2.05) is 0 Å². The predicted octanol–water partition coefficient (Wildman–Crippen LogP) is 2.20. The lowest BCUT2D eigenvalue weighted by atomic mass is 10.0. The van der Waals surface area contributed by atoms with E-state index in [2.05, 4.69) is 15.8 Å². The second-order valence-electron chi connectivity index (χ2n) is 5.99. The van der Waals surface area contributed by atoms with Crippen LogP contribution in [0.3, 0.4) is 0 Å². The van der Waals surface area contributed by atoms with Gasteiger partial charge in [0.05, 0.1) is 0 Å². The van der Waals surface area contributed by atoms with Crippen LogP contribution >= 0.6 is 0 Å². The van der Waals surface area contributed by atoms with Crippen molar-refractivity contribution in [3.05, 3.63) is 47.5 Å². The fourth-order valence-electron chi connectivity index (χ4n) is 2.48. The van der Waals surface area contributed by atoms with E-state index < -0.39 is 5.41 Å². The lowest BCUT2D eigenvalue weighted by molar-refractivity contribution is -0.134. The topological polar surface area (TPSA) is 84.2 Å². The van der Waals surface area contributed by atoms with Crippen molar-refractivity contribution in [2.75, 3.05) is 11.9 Å². The fraction of sp³-hybridized carbons (Fsp3) is 0.353. The van der Waals surface area contributed by atoms with Crippen molar-refractivity contribution in [1.29, 1.82) is 0 Å². The standard InChI is InChI=1S/C17H18FN3O3/c1-11-10-14(21-24-11)20-16(23)17(7-8-17)15(22)19-9-6-12-2-4-13(18)5-3-12/h2-5,10H,6-9H2,1H3,(H,19,22)(H,20,21,23). The number of carbonyl (C=O) groups is 2. The first-order valence-electron chi connectivity index (χ1n) is 7.77. The van der Waals surface area contributed by atoms with Gasteiger partial charge in [-0.2, -0.15) is 0 Å². The average molecular weight is 331 g/mol. The van der Waals surface area contributed by atoms with Crippen molar-refractivity contribution >= 4 is 17.6 Å².